The SMILES string of the molecule is Cc1cc(C(=O)N2CCCCC2C)ccc1NC(=O)C1CC2CCCCC2N1C(=O)c1ccccc1. The number of benzene rings is 2. The van der Waals surface area contributed by atoms with E-state index in [0.29, 0.717) is 29.2 Å². The summed E-state index contributed by atoms with van der Waals surface area (Å²) in [4.78, 5) is 44.0. The maximum absolute atomic E-state index is 13.6. The number of amides is 3. The molecule has 5 rings (SSSR count). The number of hydrogen-bond acceptors (Lipinski definition) is 3. The maximum Gasteiger partial charge on any atom is 0.254 e. The zero-order valence-electron chi connectivity index (χ0n) is 21.4. The standard InChI is InChI=1S/C30H37N3O3/c1-20-18-24(29(35)32-17-9-8-10-21(32)2)15-16-25(20)31-28(34)27-19-23-13-6-7-14-26(23)33(27)30(36)22-11-4-3-5-12-22/h3-5,11-12,15-16,18,21,23,26-27H,6-10,13-14,17,19H2,1-2H3,(H,31,34). The zero-order valence-corrected chi connectivity index (χ0v) is 21.4. The van der Waals surface area contributed by atoms with Crippen LogP contribution >= 0.6 is 0 Å². The Kier molecular flexibility index (Phi) is 7.13. The summed E-state index contributed by atoms with van der Waals surface area (Å²) in [5.41, 5.74) is 2.85. The highest BCUT2D eigenvalue weighted by Gasteiger charge is 2.47. The molecular formula is C30H37N3O3. The molecule has 2 aromatic rings. The second-order valence-corrected chi connectivity index (χ2v) is 10.8. The number of anilines is 1. The summed E-state index contributed by atoms with van der Waals surface area (Å²) < 4.78 is 0. The van der Waals surface area contributed by atoms with Gasteiger partial charge in [0.25, 0.3) is 11.8 Å². The number of piperidine rings is 1. The van der Waals surface area contributed by atoms with E-state index in [2.05, 4.69) is 12.2 Å². The molecule has 4 atom stereocenters. The highest BCUT2D eigenvalue weighted by atomic mass is 16.2. The van der Waals surface area contributed by atoms with Crippen molar-refractivity contribution in [1.82, 2.24) is 9.80 Å². The number of nitrogens with zero attached hydrogens (tertiary/aromatic N) is 2. The number of carbonyl (C=O) groups is 3. The van der Waals surface area contributed by atoms with Gasteiger partial charge in [-0.25, -0.2) is 0 Å². The largest absolute Gasteiger partial charge is 0.336 e. The van der Waals surface area contributed by atoms with Crippen molar-refractivity contribution < 1.29 is 14.4 Å². The lowest BCUT2D eigenvalue weighted by atomic mass is 9.84. The molecular weight excluding hydrogens is 450 g/mol. The van der Waals surface area contributed by atoms with E-state index in [4.69, 9.17) is 0 Å². The van der Waals surface area contributed by atoms with Crippen molar-refractivity contribution in [3.63, 3.8) is 0 Å². The smallest absolute Gasteiger partial charge is 0.254 e. The van der Waals surface area contributed by atoms with Crippen LogP contribution in [0.15, 0.2) is 48.5 Å². The molecule has 190 valence electrons. The Morgan fingerprint density at radius 2 is 1.61 bits per heavy atom. The van der Waals surface area contributed by atoms with Crippen LogP contribution in [0, 0.1) is 12.8 Å². The van der Waals surface area contributed by atoms with Crippen LogP contribution in [-0.4, -0.2) is 52.2 Å². The molecule has 0 aromatic heterocycles. The molecule has 2 aromatic carbocycles. The number of aryl methyl sites for hydroxylation is 1. The fourth-order valence-electron chi connectivity index (χ4n) is 6.43. The van der Waals surface area contributed by atoms with E-state index in [0.717, 1.165) is 50.6 Å². The molecule has 1 aliphatic carbocycles. The average molecular weight is 488 g/mol. The van der Waals surface area contributed by atoms with Crippen molar-refractivity contribution in [3.05, 3.63) is 65.2 Å². The van der Waals surface area contributed by atoms with Crippen LogP contribution in [0.5, 0.6) is 0 Å². The topological polar surface area (TPSA) is 69.7 Å². The van der Waals surface area contributed by atoms with Crippen LogP contribution in [0.3, 0.4) is 0 Å². The Morgan fingerprint density at radius 3 is 2.36 bits per heavy atom. The molecule has 2 saturated heterocycles. The molecule has 0 spiro atoms. The Bertz CT molecular complexity index is 1130. The lowest BCUT2D eigenvalue weighted by Gasteiger charge is -2.34. The minimum atomic E-state index is -0.485. The van der Waals surface area contributed by atoms with E-state index in [1.54, 1.807) is 0 Å². The summed E-state index contributed by atoms with van der Waals surface area (Å²) >= 11 is 0. The number of likely N-dealkylation sites (tertiary alicyclic amines) is 2. The molecule has 2 heterocycles. The molecule has 3 aliphatic rings. The van der Waals surface area contributed by atoms with Gasteiger partial charge in [-0.15, -0.1) is 0 Å². The number of fused-ring (bicyclic) bond motifs is 1. The lowest BCUT2D eigenvalue weighted by molar-refractivity contribution is -0.120. The number of hydrogen-bond donors (Lipinski definition) is 1. The predicted molar refractivity (Wildman–Crippen MR) is 141 cm³/mol. The maximum atomic E-state index is 13.6. The summed E-state index contributed by atoms with van der Waals surface area (Å²) in [5.74, 6) is 0.233. The van der Waals surface area contributed by atoms with Gasteiger partial charge in [-0.1, -0.05) is 31.0 Å². The van der Waals surface area contributed by atoms with Gasteiger partial charge in [-0.2, -0.15) is 0 Å². The average Bonchev–Trinajstić information content (AvgIpc) is 3.29. The Balaban J connectivity index is 1.34. The first-order valence-electron chi connectivity index (χ1n) is 13.5. The van der Waals surface area contributed by atoms with Gasteiger partial charge in [0.05, 0.1) is 0 Å². The van der Waals surface area contributed by atoms with Crippen molar-refractivity contribution in [2.24, 2.45) is 5.92 Å². The monoisotopic (exact) mass is 487 g/mol. The molecule has 6 heteroatoms. The fourth-order valence-corrected chi connectivity index (χ4v) is 6.43. The minimum Gasteiger partial charge on any atom is -0.336 e. The quantitative estimate of drug-likeness (QED) is 0.626. The third kappa shape index (κ3) is 4.78. The first-order chi connectivity index (χ1) is 17.4. The summed E-state index contributed by atoms with van der Waals surface area (Å²) in [6.45, 7) is 4.83. The molecule has 0 bridgehead atoms. The normalized spacial score (nSPS) is 25.8. The molecule has 4 unspecified atom stereocenters. The highest BCUT2D eigenvalue weighted by Crippen LogP contribution is 2.41. The molecule has 6 nitrogen and oxygen atoms in total. The first-order valence-corrected chi connectivity index (χ1v) is 13.5. The van der Waals surface area contributed by atoms with Gasteiger partial charge in [-0.05, 0) is 94.2 Å². The van der Waals surface area contributed by atoms with Gasteiger partial charge < -0.3 is 15.1 Å². The van der Waals surface area contributed by atoms with Crippen molar-refractivity contribution in [2.45, 2.75) is 83.3 Å². The van der Waals surface area contributed by atoms with Crippen LogP contribution in [0.25, 0.3) is 0 Å². The van der Waals surface area contributed by atoms with Crippen molar-refractivity contribution >= 4 is 23.4 Å². The lowest BCUT2D eigenvalue weighted by Crippen LogP contribution is -2.47. The van der Waals surface area contributed by atoms with E-state index in [1.807, 2.05) is 65.3 Å². The van der Waals surface area contributed by atoms with E-state index in [9.17, 15) is 14.4 Å². The second-order valence-electron chi connectivity index (χ2n) is 10.8. The van der Waals surface area contributed by atoms with Crippen LogP contribution in [0.1, 0.15) is 84.6 Å². The molecule has 1 N–H and O–H groups in total. The summed E-state index contributed by atoms with van der Waals surface area (Å²) in [7, 11) is 0. The van der Waals surface area contributed by atoms with Crippen LogP contribution in [0.4, 0.5) is 5.69 Å². The summed E-state index contributed by atoms with van der Waals surface area (Å²) in [6, 6.07) is 14.7. The molecule has 3 fully saturated rings. The molecule has 1 saturated carbocycles. The number of carbonyl (C=O) groups excluding carboxylic acids is 3. The van der Waals surface area contributed by atoms with Crippen molar-refractivity contribution in [2.75, 3.05) is 11.9 Å². The van der Waals surface area contributed by atoms with Gasteiger partial charge in [0.15, 0.2) is 0 Å². The highest BCUT2D eigenvalue weighted by molar-refractivity contribution is 6.02. The number of rotatable bonds is 4. The van der Waals surface area contributed by atoms with Crippen LogP contribution < -0.4 is 5.32 Å². The zero-order chi connectivity index (χ0) is 25.2. The van der Waals surface area contributed by atoms with Crippen molar-refractivity contribution in [3.8, 4) is 0 Å². The van der Waals surface area contributed by atoms with Crippen LogP contribution in [0.2, 0.25) is 0 Å². The summed E-state index contributed by atoms with van der Waals surface area (Å²) in [5, 5.41) is 3.09. The van der Waals surface area contributed by atoms with Gasteiger partial charge >= 0.3 is 0 Å². The van der Waals surface area contributed by atoms with Gasteiger partial charge in [-0.3, -0.25) is 14.4 Å². The van der Waals surface area contributed by atoms with E-state index >= 15 is 0 Å². The first kappa shape index (κ1) is 24.5. The van der Waals surface area contributed by atoms with E-state index in [-0.39, 0.29) is 29.8 Å². The molecule has 2 aliphatic heterocycles. The molecule has 3 amide bonds. The van der Waals surface area contributed by atoms with Gasteiger partial charge in [0.1, 0.15) is 6.04 Å². The molecule has 0 radical (unpaired) electrons. The number of nitrogens with one attached hydrogen (secondary N) is 1. The second kappa shape index (κ2) is 10.5. The third-order valence-corrected chi connectivity index (χ3v) is 8.44. The van der Waals surface area contributed by atoms with Gasteiger partial charge in [0, 0.05) is 35.4 Å². The predicted octanol–water partition coefficient (Wildman–Crippen LogP) is 5.42. The van der Waals surface area contributed by atoms with Crippen LogP contribution in [-0.2, 0) is 4.79 Å². The van der Waals surface area contributed by atoms with Crippen molar-refractivity contribution in [1.29, 1.82) is 0 Å². The van der Waals surface area contributed by atoms with Gasteiger partial charge in [0.2, 0.25) is 5.91 Å². The Hall–Kier alpha value is -3.15. The third-order valence-electron chi connectivity index (χ3n) is 8.44. The summed E-state index contributed by atoms with van der Waals surface area (Å²) in [6.07, 6.45) is 8.24. The molecule has 36 heavy (non-hydrogen) atoms. The fraction of sp³-hybridized carbons (Fsp3) is 0.500. The minimum absolute atomic E-state index is 0.0570. The Labute approximate surface area is 214 Å². The Morgan fingerprint density at radius 1 is 0.861 bits per heavy atom. The van der Waals surface area contributed by atoms with E-state index in [1.165, 1.54) is 6.42 Å². The van der Waals surface area contributed by atoms with E-state index < -0.39 is 6.04 Å².